The van der Waals surface area contributed by atoms with E-state index in [1.165, 1.54) is 19.3 Å². The van der Waals surface area contributed by atoms with Crippen LogP contribution in [0, 0.1) is 6.92 Å². The second-order valence-electron chi connectivity index (χ2n) is 8.43. The Morgan fingerprint density at radius 3 is 2.56 bits per heavy atom. The van der Waals surface area contributed by atoms with Gasteiger partial charge in [-0.15, -0.1) is 0 Å². The van der Waals surface area contributed by atoms with Gasteiger partial charge in [0.15, 0.2) is 11.5 Å². The molecule has 0 saturated carbocycles. The van der Waals surface area contributed by atoms with E-state index in [4.69, 9.17) is 9.47 Å². The summed E-state index contributed by atoms with van der Waals surface area (Å²) in [6, 6.07) is 18.0. The van der Waals surface area contributed by atoms with Gasteiger partial charge in [-0.1, -0.05) is 36.8 Å². The van der Waals surface area contributed by atoms with Crippen molar-refractivity contribution in [3.8, 4) is 28.4 Å². The summed E-state index contributed by atoms with van der Waals surface area (Å²) in [5, 5.41) is 3.13. The van der Waals surface area contributed by atoms with Crippen molar-refractivity contribution in [3.05, 3.63) is 65.9 Å². The average Bonchev–Trinajstić information content (AvgIpc) is 3.44. The quantitative estimate of drug-likeness (QED) is 0.629. The summed E-state index contributed by atoms with van der Waals surface area (Å²) in [7, 11) is 0. The van der Waals surface area contributed by atoms with Crippen molar-refractivity contribution in [1.82, 2.24) is 14.8 Å². The van der Waals surface area contributed by atoms with E-state index in [2.05, 4.69) is 26.9 Å². The van der Waals surface area contributed by atoms with Gasteiger partial charge in [-0.05, 0) is 56.6 Å². The molecule has 0 spiro atoms. The van der Waals surface area contributed by atoms with Gasteiger partial charge in [0.25, 0.3) is 5.91 Å². The fraction of sp³-hybridized carbons (Fsp3) is 0.346. The number of hydrogen-bond acceptors (Lipinski definition) is 4. The Kier molecular flexibility index (Phi) is 5.86. The minimum Gasteiger partial charge on any atom is -0.454 e. The van der Waals surface area contributed by atoms with Gasteiger partial charge < -0.3 is 24.3 Å². The van der Waals surface area contributed by atoms with Crippen LogP contribution in [-0.2, 0) is 0 Å². The number of carbonyl (C=O) groups is 1. The van der Waals surface area contributed by atoms with E-state index in [0.717, 1.165) is 53.8 Å². The first-order valence-corrected chi connectivity index (χ1v) is 11.4. The summed E-state index contributed by atoms with van der Waals surface area (Å²) < 4.78 is 13.2. The van der Waals surface area contributed by atoms with E-state index >= 15 is 0 Å². The van der Waals surface area contributed by atoms with Crippen LogP contribution in [0.3, 0.4) is 0 Å². The minimum atomic E-state index is -0.0313. The van der Waals surface area contributed by atoms with Crippen LogP contribution in [0.25, 0.3) is 16.9 Å². The summed E-state index contributed by atoms with van der Waals surface area (Å²) in [5.74, 6) is 1.44. The SMILES string of the molecule is Cc1c(C(=O)NCCN2CCCCC2)cc(-c2ccccc2)n1-c1ccc2c(c1)OCO2. The maximum absolute atomic E-state index is 13.1. The summed E-state index contributed by atoms with van der Waals surface area (Å²) in [5.41, 5.74) is 4.57. The molecule has 1 amide bonds. The van der Waals surface area contributed by atoms with E-state index < -0.39 is 0 Å². The molecule has 6 heteroatoms. The number of nitrogens with zero attached hydrogens (tertiary/aromatic N) is 2. The molecule has 2 aromatic carbocycles. The van der Waals surface area contributed by atoms with Gasteiger partial charge in [0.2, 0.25) is 6.79 Å². The molecular formula is C26H29N3O3. The monoisotopic (exact) mass is 431 g/mol. The number of benzene rings is 2. The molecule has 0 atom stereocenters. The zero-order chi connectivity index (χ0) is 21.9. The fourth-order valence-corrected chi connectivity index (χ4v) is 4.62. The molecule has 0 radical (unpaired) electrons. The molecule has 2 aliphatic rings. The van der Waals surface area contributed by atoms with Crippen LogP contribution in [0.1, 0.15) is 35.3 Å². The van der Waals surface area contributed by atoms with Gasteiger partial charge in [0, 0.05) is 30.5 Å². The number of piperidine rings is 1. The lowest BCUT2D eigenvalue weighted by Gasteiger charge is -2.26. The first-order valence-electron chi connectivity index (χ1n) is 11.4. The zero-order valence-corrected chi connectivity index (χ0v) is 18.5. The van der Waals surface area contributed by atoms with Crippen molar-refractivity contribution < 1.29 is 14.3 Å². The third-order valence-electron chi connectivity index (χ3n) is 6.34. The number of ether oxygens (including phenoxy) is 2. The normalized spacial score (nSPS) is 15.7. The van der Waals surface area contributed by atoms with Crippen molar-refractivity contribution in [3.63, 3.8) is 0 Å². The molecule has 0 unspecified atom stereocenters. The highest BCUT2D eigenvalue weighted by atomic mass is 16.7. The van der Waals surface area contributed by atoms with Gasteiger partial charge in [-0.3, -0.25) is 4.79 Å². The molecule has 0 bridgehead atoms. The number of fused-ring (bicyclic) bond motifs is 1. The highest BCUT2D eigenvalue weighted by Gasteiger charge is 2.22. The van der Waals surface area contributed by atoms with E-state index in [0.29, 0.717) is 12.1 Å². The lowest BCUT2D eigenvalue weighted by molar-refractivity contribution is 0.0946. The third kappa shape index (κ3) is 4.10. The van der Waals surface area contributed by atoms with Gasteiger partial charge in [0.05, 0.1) is 11.3 Å². The number of nitrogens with one attached hydrogen (secondary N) is 1. The Morgan fingerprint density at radius 2 is 1.75 bits per heavy atom. The van der Waals surface area contributed by atoms with Crippen molar-refractivity contribution in [2.45, 2.75) is 26.2 Å². The number of likely N-dealkylation sites (tertiary alicyclic amines) is 1. The molecule has 1 fully saturated rings. The molecule has 0 aliphatic carbocycles. The summed E-state index contributed by atoms with van der Waals surface area (Å²) in [6.07, 6.45) is 3.83. The number of aromatic nitrogens is 1. The van der Waals surface area contributed by atoms with Crippen LogP contribution in [0.15, 0.2) is 54.6 Å². The Morgan fingerprint density at radius 1 is 0.969 bits per heavy atom. The van der Waals surface area contributed by atoms with Gasteiger partial charge in [-0.2, -0.15) is 0 Å². The lowest BCUT2D eigenvalue weighted by atomic mass is 10.1. The summed E-state index contributed by atoms with van der Waals surface area (Å²) in [4.78, 5) is 15.6. The van der Waals surface area contributed by atoms with E-state index in [1.807, 2.05) is 49.4 Å². The van der Waals surface area contributed by atoms with Crippen molar-refractivity contribution in [2.75, 3.05) is 33.0 Å². The molecule has 3 aromatic rings. The predicted octanol–water partition coefficient (Wildman–Crippen LogP) is 4.40. The smallest absolute Gasteiger partial charge is 0.253 e. The molecule has 1 saturated heterocycles. The van der Waals surface area contributed by atoms with Crippen LogP contribution in [0.2, 0.25) is 0 Å². The van der Waals surface area contributed by atoms with Crippen molar-refractivity contribution in [2.24, 2.45) is 0 Å². The van der Waals surface area contributed by atoms with E-state index in [-0.39, 0.29) is 12.7 Å². The summed E-state index contributed by atoms with van der Waals surface area (Å²) in [6.45, 7) is 6.06. The topological polar surface area (TPSA) is 55.7 Å². The van der Waals surface area contributed by atoms with E-state index in [1.54, 1.807) is 0 Å². The molecule has 166 valence electrons. The third-order valence-corrected chi connectivity index (χ3v) is 6.34. The standard InChI is InChI=1S/C26H29N3O3/c1-19-22(26(30)27-12-15-28-13-6-3-7-14-28)17-23(20-8-4-2-5-9-20)29(19)21-10-11-24-25(16-21)32-18-31-24/h2,4-5,8-11,16-17H,3,6-7,12-15,18H2,1H3,(H,27,30). The Balaban J connectivity index is 1.44. The number of rotatable bonds is 6. The Hall–Kier alpha value is -3.25. The molecule has 6 nitrogen and oxygen atoms in total. The van der Waals surface area contributed by atoms with Crippen LogP contribution < -0.4 is 14.8 Å². The first kappa shape index (κ1) is 20.6. The number of amides is 1. The van der Waals surface area contributed by atoms with E-state index in [9.17, 15) is 4.79 Å². The van der Waals surface area contributed by atoms with Crippen LogP contribution >= 0.6 is 0 Å². The largest absolute Gasteiger partial charge is 0.454 e. The highest BCUT2D eigenvalue weighted by molar-refractivity contribution is 5.97. The molecule has 1 N–H and O–H groups in total. The van der Waals surface area contributed by atoms with Crippen LogP contribution in [0.4, 0.5) is 0 Å². The molecule has 2 aliphatic heterocycles. The van der Waals surface area contributed by atoms with Crippen LogP contribution in [0.5, 0.6) is 11.5 Å². The van der Waals surface area contributed by atoms with Crippen molar-refractivity contribution >= 4 is 5.91 Å². The maximum atomic E-state index is 13.1. The van der Waals surface area contributed by atoms with Crippen molar-refractivity contribution in [1.29, 1.82) is 0 Å². The first-order chi connectivity index (χ1) is 15.7. The molecule has 32 heavy (non-hydrogen) atoms. The van der Waals surface area contributed by atoms with Gasteiger partial charge in [0.1, 0.15) is 0 Å². The number of carbonyl (C=O) groups excluding carboxylic acids is 1. The molecule has 1 aromatic heterocycles. The maximum Gasteiger partial charge on any atom is 0.253 e. The predicted molar refractivity (Wildman–Crippen MR) is 125 cm³/mol. The number of hydrogen-bond donors (Lipinski definition) is 1. The Labute approximate surface area is 188 Å². The molecular weight excluding hydrogens is 402 g/mol. The Bertz CT molecular complexity index is 1100. The lowest BCUT2D eigenvalue weighted by Crippen LogP contribution is -2.37. The summed E-state index contributed by atoms with van der Waals surface area (Å²) >= 11 is 0. The fourth-order valence-electron chi connectivity index (χ4n) is 4.62. The minimum absolute atomic E-state index is 0.0313. The second-order valence-corrected chi connectivity index (χ2v) is 8.43. The van der Waals surface area contributed by atoms with Gasteiger partial charge in [-0.25, -0.2) is 0 Å². The second kappa shape index (κ2) is 9.09. The molecule has 5 rings (SSSR count). The zero-order valence-electron chi connectivity index (χ0n) is 18.5. The highest BCUT2D eigenvalue weighted by Crippen LogP contribution is 2.36. The van der Waals surface area contributed by atoms with Crippen LogP contribution in [-0.4, -0.2) is 48.3 Å². The molecule has 3 heterocycles. The van der Waals surface area contributed by atoms with Gasteiger partial charge >= 0.3 is 0 Å². The average molecular weight is 432 g/mol.